The largest absolute Gasteiger partial charge is 0.451 e. The summed E-state index contributed by atoms with van der Waals surface area (Å²) in [6, 6.07) is 4.12. The lowest BCUT2D eigenvalue weighted by Crippen LogP contribution is -2.28. The predicted octanol–water partition coefficient (Wildman–Crippen LogP) is 2.01. The number of aryl methyl sites for hydroxylation is 1. The Hall–Kier alpha value is -1.92. The molecule has 0 fully saturated rings. The van der Waals surface area contributed by atoms with Crippen LogP contribution in [-0.2, 0) is 4.74 Å². The van der Waals surface area contributed by atoms with E-state index in [-0.39, 0.29) is 24.1 Å². The lowest BCUT2D eigenvalue weighted by Gasteiger charge is -2.09. The Labute approximate surface area is 121 Å². The van der Waals surface area contributed by atoms with Gasteiger partial charge >= 0.3 is 0 Å². The normalized spacial score (nSPS) is 12.6. The molecule has 1 unspecified atom stereocenters. The molecule has 6 heteroatoms. The van der Waals surface area contributed by atoms with Crippen molar-refractivity contribution in [2.45, 2.75) is 19.4 Å². The first kappa shape index (κ1) is 15.5. The van der Waals surface area contributed by atoms with E-state index in [1.54, 1.807) is 6.92 Å². The van der Waals surface area contributed by atoms with E-state index >= 15 is 0 Å². The highest BCUT2D eigenvalue weighted by molar-refractivity contribution is 5.98. The van der Waals surface area contributed by atoms with Crippen molar-refractivity contribution in [3.63, 3.8) is 0 Å². The van der Waals surface area contributed by atoms with Crippen LogP contribution in [0.5, 0.6) is 0 Å². The van der Waals surface area contributed by atoms with Crippen LogP contribution in [0.1, 0.15) is 22.5 Å². The Balaban J connectivity index is 2.04. The van der Waals surface area contributed by atoms with Gasteiger partial charge in [0.15, 0.2) is 5.76 Å². The van der Waals surface area contributed by atoms with Gasteiger partial charge in [-0.1, -0.05) is 0 Å². The summed E-state index contributed by atoms with van der Waals surface area (Å²) in [5, 5.41) is 12.7. The molecule has 1 atom stereocenters. The third-order valence-corrected chi connectivity index (χ3v) is 3.23. The molecule has 21 heavy (non-hydrogen) atoms. The Morgan fingerprint density at radius 1 is 1.52 bits per heavy atom. The summed E-state index contributed by atoms with van der Waals surface area (Å²) >= 11 is 0. The first-order valence-electron chi connectivity index (χ1n) is 6.66. The molecule has 0 saturated heterocycles. The summed E-state index contributed by atoms with van der Waals surface area (Å²) in [7, 11) is 1.50. The summed E-state index contributed by atoms with van der Waals surface area (Å²) in [5.41, 5.74) is 1.07. The lowest BCUT2D eigenvalue weighted by atomic mass is 10.1. The Bertz CT molecular complexity index is 638. The number of carbonyl (C=O) groups excluding carboxylic acids is 1. The van der Waals surface area contributed by atoms with Crippen molar-refractivity contribution in [1.29, 1.82) is 0 Å². The fourth-order valence-corrected chi connectivity index (χ4v) is 2.12. The fourth-order valence-electron chi connectivity index (χ4n) is 2.12. The van der Waals surface area contributed by atoms with E-state index in [0.717, 1.165) is 0 Å². The zero-order valence-corrected chi connectivity index (χ0v) is 12.0. The van der Waals surface area contributed by atoms with Gasteiger partial charge in [-0.25, -0.2) is 4.39 Å². The minimum Gasteiger partial charge on any atom is -0.451 e. The highest BCUT2D eigenvalue weighted by atomic mass is 19.1. The minimum atomic E-state index is -0.624. The summed E-state index contributed by atoms with van der Waals surface area (Å²) in [5.74, 6) is -0.591. The highest BCUT2D eigenvalue weighted by Gasteiger charge is 2.18. The monoisotopic (exact) mass is 295 g/mol. The van der Waals surface area contributed by atoms with Crippen LogP contribution in [0.4, 0.5) is 4.39 Å². The van der Waals surface area contributed by atoms with Gasteiger partial charge in [0.2, 0.25) is 0 Å². The SMILES string of the molecule is COCC(O)CCNC(=O)c1oc2ccc(F)cc2c1C. The molecule has 0 radical (unpaired) electrons. The van der Waals surface area contributed by atoms with E-state index < -0.39 is 6.10 Å². The van der Waals surface area contributed by atoms with Gasteiger partial charge in [0, 0.05) is 24.6 Å². The molecule has 1 heterocycles. The van der Waals surface area contributed by atoms with Crippen molar-refractivity contribution < 1.29 is 23.4 Å². The summed E-state index contributed by atoms with van der Waals surface area (Å²) in [6.07, 6.45) is -0.241. The standard InChI is InChI=1S/C15H18FNO4/c1-9-12-7-10(16)3-4-13(12)21-14(9)15(19)17-6-5-11(18)8-20-2/h3-4,7,11,18H,5-6,8H2,1-2H3,(H,17,19). The molecule has 5 nitrogen and oxygen atoms in total. The van der Waals surface area contributed by atoms with Crippen LogP contribution < -0.4 is 5.32 Å². The number of halogens is 1. The number of hydrogen-bond donors (Lipinski definition) is 2. The molecule has 0 aliphatic rings. The maximum Gasteiger partial charge on any atom is 0.287 e. The van der Waals surface area contributed by atoms with E-state index in [0.29, 0.717) is 29.5 Å². The second kappa shape index (κ2) is 6.69. The molecular formula is C15H18FNO4. The number of nitrogens with one attached hydrogen (secondary N) is 1. The molecule has 114 valence electrons. The van der Waals surface area contributed by atoms with Gasteiger partial charge in [-0.2, -0.15) is 0 Å². The maximum absolute atomic E-state index is 13.2. The van der Waals surface area contributed by atoms with Crippen LogP contribution in [0.15, 0.2) is 22.6 Å². The average molecular weight is 295 g/mol. The van der Waals surface area contributed by atoms with E-state index in [4.69, 9.17) is 9.15 Å². The Kier molecular flexibility index (Phi) is 4.93. The molecule has 2 aromatic rings. The van der Waals surface area contributed by atoms with Crippen molar-refractivity contribution in [3.8, 4) is 0 Å². The third-order valence-electron chi connectivity index (χ3n) is 3.23. The van der Waals surface area contributed by atoms with Gasteiger partial charge in [0.05, 0.1) is 12.7 Å². The number of ether oxygens (including phenoxy) is 1. The van der Waals surface area contributed by atoms with Gasteiger partial charge in [0.25, 0.3) is 5.91 Å². The summed E-state index contributed by atoms with van der Waals surface area (Å²) < 4.78 is 23.5. The van der Waals surface area contributed by atoms with Crippen molar-refractivity contribution in [1.82, 2.24) is 5.32 Å². The Morgan fingerprint density at radius 2 is 2.29 bits per heavy atom. The zero-order chi connectivity index (χ0) is 15.4. The van der Waals surface area contributed by atoms with Crippen molar-refractivity contribution in [2.75, 3.05) is 20.3 Å². The number of rotatable bonds is 6. The number of furan rings is 1. The van der Waals surface area contributed by atoms with Crippen LogP contribution in [0.25, 0.3) is 11.0 Å². The topological polar surface area (TPSA) is 71.7 Å². The van der Waals surface area contributed by atoms with Gasteiger partial charge in [0.1, 0.15) is 11.4 Å². The predicted molar refractivity (Wildman–Crippen MR) is 75.7 cm³/mol. The number of aliphatic hydroxyl groups is 1. The van der Waals surface area contributed by atoms with Crippen LogP contribution in [0.2, 0.25) is 0 Å². The lowest BCUT2D eigenvalue weighted by molar-refractivity contribution is 0.0586. The smallest absolute Gasteiger partial charge is 0.287 e. The zero-order valence-electron chi connectivity index (χ0n) is 12.0. The number of fused-ring (bicyclic) bond motifs is 1. The second-order valence-electron chi connectivity index (χ2n) is 4.85. The van der Waals surface area contributed by atoms with E-state index in [1.165, 1.54) is 25.3 Å². The van der Waals surface area contributed by atoms with Gasteiger partial charge < -0.3 is 19.6 Å². The summed E-state index contributed by atoms with van der Waals surface area (Å²) in [6.45, 7) is 2.23. The highest BCUT2D eigenvalue weighted by Crippen LogP contribution is 2.25. The molecular weight excluding hydrogens is 277 g/mol. The fraction of sp³-hybridized carbons (Fsp3) is 0.400. The number of benzene rings is 1. The van der Waals surface area contributed by atoms with Crippen LogP contribution in [0.3, 0.4) is 0 Å². The van der Waals surface area contributed by atoms with Crippen LogP contribution in [0, 0.1) is 12.7 Å². The molecule has 2 N–H and O–H groups in total. The van der Waals surface area contributed by atoms with E-state index in [9.17, 15) is 14.3 Å². The number of methoxy groups -OCH3 is 1. The van der Waals surface area contributed by atoms with Gasteiger partial charge in [-0.3, -0.25) is 4.79 Å². The number of carbonyl (C=O) groups is 1. The first-order chi connectivity index (χ1) is 10.0. The van der Waals surface area contributed by atoms with E-state index in [1.807, 2.05) is 0 Å². The molecule has 0 spiro atoms. The minimum absolute atomic E-state index is 0.164. The van der Waals surface area contributed by atoms with E-state index in [2.05, 4.69) is 5.32 Å². The van der Waals surface area contributed by atoms with Crippen LogP contribution >= 0.6 is 0 Å². The maximum atomic E-state index is 13.2. The molecule has 1 aromatic heterocycles. The molecule has 1 amide bonds. The van der Waals surface area contributed by atoms with Gasteiger partial charge in [-0.15, -0.1) is 0 Å². The number of aliphatic hydroxyl groups excluding tert-OH is 1. The number of amides is 1. The van der Waals surface area contributed by atoms with Gasteiger partial charge in [-0.05, 0) is 31.5 Å². The Morgan fingerprint density at radius 3 is 3.00 bits per heavy atom. The molecule has 2 rings (SSSR count). The van der Waals surface area contributed by atoms with Crippen LogP contribution in [-0.4, -0.2) is 37.4 Å². The van der Waals surface area contributed by atoms with Crippen molar-refractivity contribution in [2.24, 2.45) is 0 Å². The molecule has 0 bridgehead atoms. The molecule has 0 aliphatic heterocycles. The number of hydrogen-bond acceptors (Lipinski definition) is 4. The molecule has 1 aromatic carbocycles. The first-order valence-corrected chi connectivity index (χ1v) is 6.66. The average Bonchev–Trinajstić information content (AvgIpc) is 2.76. The molecule has 0 aliphatic carbocycles. The molecule has 0 saturated carbocycles. The van der Waals surface area contributed by atoms with Crippen molar-refractivity contribution >= 4 is 16.9 Å². The second-order valence-corrected chi connectivity index (χ2v) is 4.85. The quantitative estimate of drug-likeness (QED) is 0.855. The summed E-state index contributed by atoms with van der Waals surface area (Å²) in [4.78, 5) is 12.0. The van der Waals surface area contributed by atoms with Crippen molar-refractivity contribution in [3.05, 3.63) is 35.3 Å². The third kappa shape index (κ3) is 3.59.